The van der Waals surface area contributed by atoms with Crippen LogP contribution in [-0.4, -0.2) is 70.4 Å². The number of hydrogen-bond acceptors (Lipinski definition) is 8. The maximum Gasteiger partial charge on any atom is 0.407 e. The van der Waals surface area contributed by atoms with Crippen LogP contribution in [0.4, 0.5) is 4.79 Å². The van der Waals surface area contributed by atoms with Crippen molar-refractivity contribution in [2.24, 2.45) is 13.0 Å². The summed E-state index contributed by atoms with van der Waals surface area (Å²) in [7, 11) is -2.14. The Labute approximate surface area is 227 Å². The lowest BCUT2D eigenvalue weighted by Crippen LogP contribution is -2.53. The summed E-state index contributed by atoms with van der Waals surface area (Å²) in [6.07, 6.45) is 0.950. The maximum absolute atomic E-state index is 13.4. The number of H-pyrrole nitrogens is 1. The molecule has 1 saturated heterocycles. The first-order valence-corrected chi connectivity index (χ1v) is 14.5. The summed E-state index contributed by atoms with van der Waals surface area (Å²) in [6.45, 7) is 10.3. The summed E-state index contributed by atoms with van der Waals surface area (Å²) < 4.78 is 40.7. The minimum absolute atomic E-state index is 0.0301. The molecule has 4 rings (SSSR count). The predicted octanol–water partition coefficient (Wildman–Crippen LogP) is 2.82. The lowest BCUT2D eigenvalue weighted by Gasteiger charge is -2.38. The molecule has 0 saturated carbocycles. The number of rotatable bonds is 9. The molecule has 2 aromatic heterocycles. The van der Waals surface area contributed by atoms with Gasteiger partial charge in [-0.15, -0.1) is 0 Å². The van der Waals surface area contributed by atoms with Crippen molar-refractivity contribution in [1.82, 2.24) is 29.4 Å². The van der Waals surface area contributed by atoms with Crippen LogP contribution in [0, 0.1) is 5.92 Å². The number of nitrogens with zero attached hydrogens (tertiary/aromatic N) is 4. The third-order valence-corrected chi connectivity index (χ3v) is 8.08. The van der Waals surface area contributed by atoms with E-state index in [1.54, 1.807) is 33.9 Å². The van der Waals surface area contributed by atoms with Crippen molar-refractivity contribution in [3.8, 4) is 17.1 Å². The number of fused-ring (bicyclic) bond motifs is 1. The standard InChI is InChI=1S/C26H36N6O6S/c1-7-9-19-21-22(31(6)30-19)24(33)29-23(28-21)18-12-17(10-11-20(18)37-8-2)39(35,36)32-14-16(15-32)13-27-25(34)38-26(3,4)5/h10-12,16H,7-9,13-15H2,1-6H3,(H,27,34)(H,28,29,33). The largest absolute Gasteiger partial charge is 0.493 e. The van der Waals surface area contributed by atoms with Gasteiger partial charge in [0.05, 0.1) is 22.8 Å². The van der Waals surface area contributed by atoms with E-state index in [9.17, 15) is 18.0 Å². The molecule has 0 radical (unpaired) electrons. The van der Waals surface area contributed by atoms with Gasteiger partial charge in [-0.05, 0) is 52.3 Å². The molecule has 0 aliphatic carbocycles. The Balaban J connectivity index is 1.60. The monoisotopic (exact) mass is 560 g/mol. The minimum atomic E-state index is -3.83. The molecule has 1 amide bonds. The number of ether oxygens (including phenoxy) is 2. The SMILES string of the molecule is CCCc1nn(C)c2c(=O)[nH]c(-c3cc(S(=O)(=O)N4CC(CNC(=O)OC(C)(C)C)C4)ccc3OCC)nc12. The van der Waals surface area contributed by atoms with E-state index in [-0.39, 0.29) is 35.3 Å². The molecule has 13 heteroatoms. The molecule has 1 aliphatic rings. The van der Waals surface area contributed by atoms with Gasteiger partial charge in [0.15, 0.2) is 5.52 Å². The number of sulfonamides is 1. The first-order valence-electron chi connectivity index (χ1n) is 13.0. The van der Waals surface area contributed by atoms with E-state index in [4.69, 9.17) is 9.47 Å². The Hall–Kier alpha value is -3.45. The van der Waals surface area contributed by atoms with Gasteiger partial charge in [-0.25, -0.2) is 18.2 Å². The Kier molecular flexibility index (Phi) is 8.03. The highest BCUT2D eigenvalue weighted by molar-refractivity contribution is 7.89. The van der Waals surface area contributed by atoms with Crippen LogP contribution in [0.2, 0.25) is 0 Å². The molecule has 0 unspecified atom stereocenters. The van der Waals surface area contributed by atoms with Crippen LogP contribution in [0.3, 0.4) is 0 Å². The second kappa shape index (κ2) is 11.0. The van der Waals surface area contributed by atoms with Crippen molar-refractivity contribution in [1.29, 1.82) is 0 Å². The van der Waals surface area contributed by atoms with Gasteiger partial charge in [0, 0.05) is 32.6 Å². The van der Waals surface area contributed by atoms with Crippen molar-refractivity contribution < 1.29 is 22.7 Å². The van der Waals surface area contributed by atoms with Crippen LogP contribution >= 0.6 is 0 Å². The maximum atomic E-state index is 13.4. The van der Waals surface area contributed by atoms with E-state index in [0.29, 0.717) is 47.6 Å². The summed E-state index contributed by atoms with van der Waals surface area (Å²) in [5.41, 5.74) is 0.934. The first-order chi connectivity index (χ1) is 18.3. The normalized spacial score (nSPS) is 14.8. The number of alkyl carbamates (subject to hydrolysis) is 1. The number of amides is 1. The molecule has 212 valence electrons. The number of carbonyl (C=O) groups is 1. The van der Waals surface area contributed by atoms with E-state index in [1.165, 1.54) is 21.1 Å². The summed E-state index contributed by atoms with van der Waals surface area (Å²) in [5, 5.41) is 7.14. The number of hydrogen-bond donors (Lipinski definition) is 2. The van der Waals surface area contributed by atoms with Gasteiger partial charge in [0.25, 0.3) is 5.56 Å². The number of aryl methyl sites for hydroxylation is 2. The minimum Gasteiger partial charge on any atom is -0.493 e. The molecular formula is C26H36N6O6S. The summed E-state index contributed by atoms with van der Waals surface area (Å²) in [5.74, 6) is 0.585. The van der Waals surface area contributed by atoms with Gasteiger partial charge < -0.3 is 19.8 Å². The molecule has 3 heterocycles. The molecule has 1 fully saturated rings. The average molecular weight is 561 g/mol. The van der Waals surface area contributed by atoms with E-state index in [2.05, 4.69) is 20.4 Å². The number of aromatic amines is 1. The Bertz CT molecular complexity index is 1530. The third-order valence-electron chi connectivity index (χ3n) is 6.25. The third kappa shape index (κ3) is 6.09. The van der Waals surface area contributed by atoms with Gasteiger partial charge in [0.2, 0.25) is 10.0 Å². The fraction of sp³-hybridized carbons (Fsp3) is 0.538. The molecule has 39 heavy (non-hydrogen) atoms. The van der Waals surface area contributed by atoms with Gasteiger partial charge >= 0.3 is 6.09 Å². The van der Waals surface area contributed by atoms with Crippen LogP contribution in [0.1, 0.15) is 46.7 Å². The molecular weight excluding hydrogens is 524 g/mol. The van der Waals surface area contributed by atoms with Crippen molar-refractivity contribution in [3.05, 3.63) is 34.2 Å². The zero-order valence-electron chi connectivity index (χ0n) is 23.2. The molecule has 2 N–H and O–H groups in total. The Morgan fingerprint density at radius 1 is 1.23 bits per heavy atom. The summed E-state index contributed by atoms with van der Waals surface area (Å²) >= 11 is 0. The van der Waals surface area contributed by atoms with Crippen molar-refractivity contribution >= 4 is 27.1 Å². The van der Waals surface area contributed by atoms with Crippen LogP contribution in [0.15, 0.2) is 27.9 Å². The Morgan fingerprint density at radius 2 is 1.95 bits per heavy atom. The molecule has 12 nitrogen and oxygen atoms in total. The molecule has 1 aromatic carbocycles. The summed E-state index contributed by atoms with van der Waals surface area (Å²) in [6, 6.07) is 4.54. The molecule has 1 aliphatic heterocycles. The lowest BCUT2D eigenvalue weighted by atomic mass is 10.0. The lowest BCUT2D eigenvalue weighted by molar-refractivity contribution is 0.0502. The quantitative estimate of drug-likeness (QED) is 0.406. The second-order valence-corrected chi connectivity index (χ2v) is 12.5. The number of carbonyl (C=O) groups excluding carboxylic acids is 1. The average Bonchev–Trinajstić information content (AvgIpc) is 3.12. The number of aromatic nitrogens is 4. The van der Waals surface area contributed by atoms with Gasteiger partial charge in [-0.1, -0.05) is 13.3 Å². The van der Waals surface area contributed by atoms with Gasteiger partial charge in [-0.3, -0.25) is 9.48 Å². The molecule has 0 bridgehead atoms. The highest BCUT2D eigenvalue weighted by Gasteiger charge is 2.37. The molecule has 3 aromatic rings. The highest BCUT2D eigenvalue weighted by Crippen LogP contribution is 2.33. The fourth-order valence-electron chi connectivity index (χ4n) is 4.45. The fourth-order valence-corrected chi connectivity index (χ4v) is 6.07. The van der Waals surface area contributed by atoms with E-state index >= 15 is 0 Å². The second-order valence-electron chi connectivity index (χ2n) is 10.6. The zero-order valence-corrected chi connectivity index (χ0v) is 24.0. The Morgan fingerprint density at radius 3 is 2.59 bits per heavy atom. The van der Waals surface area contributed by atoms with E-state index < -0.39 is 21.7 Å². The smallest absolute Gasteiger partial charge is 0.407 e. The number of nitrogens with one attached hydrogen (secondary N) is 2. The predicted molar refractivity (Wildman–Crippen MR) is 146 cm³/mol. The van der Waals surface area contributed by atoms with Gasteiger partial charge in [-0.2, -0.15) is 9.40 Å². The van der Waals surface area contributed by atoms with Gasteiger partial charge in [0.1, 0.15) is 22.7 Å². The van der Waals surface area contributed by atoms with Crippen molar-refractivity contribution in [2.45, 2.75) is 58.0 Å². The van der Waals surface area contributed by atoms with Crippen LogP contribution in [0.5, 0.6) is 5.75 Å². The molecule has 0 spiro atoms. The molecule has 0 atom stereocenters. The van der Waals surface area contributed by atoms with Crippen molar-refractivity contribution in [3.63, 3.8) is 0 Å². The zero-order chi connectivity index (χ0) is 28.5. The highest BCUT2D eigenvalue weighted by atomic mass is 32.2. The first kappa shape index (κ1) is 28.6. The topological polar surface area (TPSA) is 149 Å². The van der Waals surface area contributed by atoms with Crippen molar-refractivity contribution in [2.75, 3.05) is 26.2 Å². The van der Waals surface area contributed by atoms with Crippen LogP contribution in [0.25, 0.3) is 22.4 Å². The number of benzene rings is 1. The van der Waals surface area contributed by atoms with E-state index in [0.717, 1.165) is 6.42 Å². The van der Waals surface area contributed by atoms with E-state index in [1.807, 2.05) is 13.8 Å². The van der Waals surface area contributed by atoms with Crippen LogP contribution in [-0.2, 0) is 28.2 Å². The summed E-state index contributed by atoms with van der Waals surface area (Å²) in [4.78, 5) is 32.4. The van der Waals surface area contributed by atoms with Crippen LogP contribution < -0.4 is 15.6 Å².